The minimum Gasteiger partial charge on any atom is -0.309 e. The fourth-order valence-electron chi connectivity index (χ4n) is 8.26. The van der Waals surface area contributed by atoms with Gasteiger partial charge in [-0.15, -0.1) is 0 Å². The van der Waals surface area contributed by atoms with Crippen molar-refractivity contribution in [2.45, 2.75) is 0 Å². The summed E-state index contributed by atoms with van der Waals surface area (Å²) in [7, 11) is 0. The van der Waals surface area contributed by atoms with E-state index >= 15 is 0 Å². The van der Waals surface area contributed by atoms with Crippen LogP contribution in [0.1, 0.15) is 5.56 Å². The lowest BCUT2D eigenvalue weighted by Crippen LogP contribution is -1.98. The SMILES string of the molecule is N#Cc1ccc(-c2cccc(-c3ccc(-c4c5ccccc5c(-c5ccccc5)c5ccccc45)cc3)c2)c(-n2c3ccccc3c3ccccc32)c1. The van der Waals surface area contributed by atoms with Crippen LogP contribution in [0.5, 0.6) is 0 Å². The van der Waals surface area contributed by atoms with E-state index in [1.54, 1.807) is 0 Å². The van der Waals surface area contributed by atoms with E-state index in [0.29, 0.717) is 5.56 Å². The first kappa shape index (κ1) is 30.6. The summed E-state index contributed by atoms with van der Waals surface area (Å²) in [5, 5.41) is 17.4. The van der Waals surface area contributed by atoms with Crippen LogP contribution in [0.25, 0.3) is 93.5 Å². The molecule has 0 N–H and O–H groups in total. The summed E-state index contributed by atoms with van der Waals surface area (Å²) in [6.45, 7) is 0. The van der Waals surface area contributed by atoms with Crippen molar-refractivity contribution < 1.29 is 0 Å². The highest BCUT2D eigenvalue weighted by atomic mass is 15.0. The first-order valence-electron chi connectivity index (χ1n) is 18.0. The molecule has 0 amide bonds. The third-order valence-electron chi connectivity index (χ3n) is 10.6. The van der Waals surface area contributed by atoms with Crippen LogP contribution in [0.15, 0.2) is 194 Å². The minimum atomic E-state index is 0.634. The van der Waals surface area contributed by atoms with E-state index in [0.717, 1.165) is 39.0 Å². The topological polar surface area (TPSA) is 28.7 Å². The molecule has 0 aliphatic carbocycles. The number of hydrogen-bond donors (Lipinski definition) is 0. The van der Waals surface area contributed by atoms with Crippen molar-refractivity contribution in [1.29, 1.82) is 5.26 Å². The van der Waals surface area contributed by atoms with Crippen molar-refractivity contribution >= 4 is 43.4 Å². The van der Waals surface area contributed by atoms with Crippen LogP contribution in [-0.4, -0.2) is 4.57 Å². The molecule has 0 bridgehead atoms. The van der Waals surface area contributed by atoms with E-state index in [4.69, 9.17) is 0 Å². The van der Waals surface area contributed by atoms with Crippen molar-refractivity contribution in [3.63, 3.8) is 0 Å². The zero-order valence-corrected chi connectivity index (χ0v) is 28.9. The molecule has 10 rings (SSSR count). The number of aromatic nitrogens is 1. The number of benzene rings is 9. The number of nitrogens with zero attached hydrogens (tertiary/aromatic N) is 2. The van der Waals surface area contributed by atoms with Gasteiger partial charge in [-0.05, 0) is 90.8 Å². The largest absolute Gasteiger partial charge is 0.309 e. The van der Waals surface area contributed by atoms with Crippen LogP contribution < -0.4 is 0 Å². The Kier molecular flexibility index (Phi) is 7.23. The van der Waals surface area contributed by atoms with Crippen LogP contribution in [0.4, 0.5) is 0 Å². The maximum absolute atomic E-state index is 9.97. The monoisotopic (exact) mass is 672 g/mol. The van der Waals surface area contributed by atoms with E-state index in [9.17, 15) is 5.26 Å². The van der Waals surface area contributed by atoms with Gasteiger partial charge in [0.05, 0.1) is 28.4 Å². The van der Waals surface area contributed by atoms with Gasteiger partial charge in [0.2, 0.25) is 0 Å². The number of fused-ring (bicyclic) bond motifs is 5. The second-order valence-corrected chi connectivity index (χ2v) is 13.6. The van der Waals surface area contributed by atoms with Crippen LogP contribution in [0, 0.1) is 11.3 Å². The van der Waals surface area contributed by atoms with Gasteiger partial charge in [0, 0.05) is 16.3 Å². The molecular weight excluding hydrogens is 641 g/mol. The number of hydrogen-bond acceptors (Lipinski definition) is 1. The van der Waals surface area contributed by atoms with Gasteiger partial charge in [0.1, 0.15) is 0 Å². The van der Waals surface area contributed by atoms with Gasteiger partial charge < -0.3 is 4.57 Å². The maximum Gasteiger partial charge on any atom is 0.0992 e. The molecule has 53 heavy (non-hydrogen) atoms. The molecule has 0 spiro atoms. The van der Waals surface area contributed by atoms with Crippen molar-refractivity contribution in [1.82, 2.24) is 4.57 Å². The molecule has 2 heteroatoms. The minimum absolute atomic E-state index is 0.634. The average molecular weight is 673 g/mol. The Hall–Kier alpha value is -7.21. The van der Waals surface area contributed by atoms with Crippen LogP contribution in [0.3, 0.4) is 0 Å². The summed E-state index contributed by atoms with van der Waals surface area (Å²) in [6, 6.07) is 71.6. The second kappa shape index (κ2) is 12.5. The van der Waals surface area contributed by atoms with E-state index in [1.807, 2.05) is 12.1 Å². The number of para-hydroxylation sites is 2. The molecule has 0 atom stereocenters. The first-order chi connectivity index (χ1) is 26.3. The van der Waals surface area contributed by atoms with E-state index in [-0.39, 0.29) is 0 Å². The smallest absolute Gasteiger partial charge is 0.0992 e. The van der Waals surface area contributed by atoms with Gasteiger partial charge >= 0.3 is 0 Å². The molecule has 246 valence electrons. The zero-order chi connectivity index (χ0) is 35.3. The highest BCUT2D eigenvalue weighted by Gasteiger charge is 2.18. The highest BCUT2D eigenvalue weighted by Crippen LogP contribution is 2.44. The fourth-order valence-corrected chi connectivity index (χ4v) is 8.26. The Balaban J connectivity index is 1.10. The van der Waals surface area contributed by atoms with Gasteiger partial charge in [-0.3, -0.25) is 0 Å². The van der Waals surface area contributed by atoms with Crippen LogP contribution in [0.2, 0.25) is 0 Å². The molecule has 0 saturated heterocycles. The molecule has 0 unspecified atom stereocenters. The van der Waals surface area contributed by atoms with Crippen LogP contribution in [-0.2, 0) is 0 Å². The Bertz CT molecular complexity index is 2940. The summed E-state index contributed by atoms with van der Waals surface area (Å²) in [6.07, 6.45) is 0. The molecule has 1 heterocycles. The zero-order valence-electron chi connectivity index (χ0n) is 28.9. The third kappa shape index (κ3) is 5.02. The molecule has 10 aromatic rings. The molecule has 0 radical (unpaired) electrons. The standard InChI is InChI=1S/C51H32N2/c52-33-34-25-30-40(49(31-34)53-47-23-10-8-17-41(47)42-18-9-11-24-48(42)53)39-16-12-15-38(32-39)35-26-28-37(29-27-35)51-45-21-6-4-19-43(45)50(36-13-2-1-3-14-36)44-20-5-7-22-46(44)51/h1-32H. The van der Waals surface area contributed by atoms with Gasteiger partial charge in [0.15, 0.2) is 0 Å². The summed E-state index contributed by atoms with van der Waals surface area (Å²) < 4.78 is 2.31. The van der Waals surface area contributed by atoms with E-state index in [2.05, 4.69) is 193 Å². The summed E-state index contributed by atoms with van der Waals surface area (Å²) in [5.41, 5.74) is 13.3. The molecule has 0 aliphatic rings. The number of rotatable bonds is 5. The molecule has 0 fully saturated rings. The van der Waals surface area contributed by atoms with Gasteiger partial charge in [-0.1, -0.05) is 164 Å². The maximum atomic E-state index is 9.97. The Morgan fingerprint density at radius 3 is 1.36 bits per heavy atom. The fraction of sp³-hybridized carbons (Fsp3) is 0. The summed E-state index contributed by atoms with van der Waals surface area (Å²) >= 11 is 0. The molecule has 0 saturated carbocycles. The lowest BCUT2D eigenvalue weighted by Gasteiger charge is -2.18. The summed E-state index contributed by atoms with van der Waals surface area (Å²) in [5.74, 6) is 0. The predicted octanol–water partition coefficient (Wildman–Crippen LogP) is 13.6. The number of nitriles is 1. The van der Waals surface area contributed by atoms with E-state index in [1.165, 1.54) is 54.6 Å². The van der Waals surface area contributed by atoms with Crippen molar-refractivity contribution in [2.75, 3.05) is 0 Å². The Morgan fingerprint density at radius 2 is 0.792 bits per heavy atom. The van der Waals surface area contributed by atoms with E-state index < -0.39 is 0 Å². The molecule has 0 aliphatic heterocycles. The van der Waals surface area contributed by atoms with Crippen LogP contribution >= 0.6 is 0 Å². The van der Waals surface area contributed by atoms with Gasteiger partial charge in [0.25, 0.3) is 0 Å². The first-order valence-corrected chi connectivity index (χ1v) is 18.0. The molecular formula is C51H32N2. The summed E-state index contributed by atoms with van der Waals surface area (Å²) in [4.78, 5) is 0. The van der Waals surface area contributed by atoms with Gasteiger partial charge in [-0.25, -0.2) is 0 Å². The van der Waals surface area contributed by atoms with Crippen molar-refractivity contribution in [2.24, 2.45) is 0 Å². The van der Waals surface area contributed by atoms with Crippen molar-refractivity contribution in [3.05, 3.63) is 200 Å². The second-order valence-electron chi connectivity index (χ2n) is 13.6. The predicted molar refractivity (Wildman–Crippen MR) is 222 cm³/mol. The van der Waals surface area contributed by atoms with Gasteiger partial charge in [-0.2, -0.15) is 5.26 Å². The lowest BCUT2D eigenvalue weighted by molar-refractivity contribution is 1.18. The molecule has 9 aromatic carbocycles. The van der Waals surface area contributed by atoms with Crippen molar-refractivity contribution in [3.8, 4) is 56.3 Å². The highest BCUT2D eigenvalue weighted by molar-refractivity contribution is 6.21. The quantitative estimate of drug-likeness (QED) is 0.167. The normalized spacial score (nSPS) is 11.4. The third-order valence-corrected chi connectivity index (χ3v) is 10.6. The Labute approximate surface area is 308 Å². The lowest BCUT2D eigenvalue weighted by atomic mass is 9.85. The Morgan fingerprint density at radius 1 is 0.340 bits per heavy atom. The molecule has 1 aromatic heterocycles. The average Bonchev–Trinajstić information content (AvgIpc) is 3.57. The molecule has 2 nitrogen and oxygen atoms in total.